The van der Waals surface area contributed by atoms with Gasteiger partial charge in [0.05, 0.1) is 0 Å². The Labute approximate surface area is 284 Å². The normalized spacial score (nSPS) is 11.0. The van der Waals surface area contributed by atoms with Gasteiger partial charge in [0.1, 0.15) is 0 Å². The molecule has 0 fully saturated rings. The van der Waals surface area contributed by atoms with Gasteiger partial charge < -0.3 is 20.4 Å². The van der Waals surface area contributed by atoms with E-state index in [0.717, 1.165) is 36.8 Å². The van der Waals surface area contributed by atoms with Crippen LogP contribution in [0.4, 0.5) is 0 Å². The lowest BCUT2D eigenvalue weighted by Gasteiger charge is -2.06. The number of aromatic hydroxyl groups is 4. The summed E-state index contributed by atoms with van der Waals surface area (Å²) in [4.78, 5) is 0. The van der Waals surface area contributed by atoms with Crippen LogP contribution >= 0.6 is 0 Å². The number of unbranched alkanes of at least 4 members (excludes halogenated alkanes) is 24. The molecular weight excluding hydrogens is 568 g/mol. The Morgan fingerprint density at radius 2 is 0.565 bits per heavy atom. The molecule has 0 aliphatic carbocycles. The predicted octanol–water partition coefficient (Wildman–Crippen LogP) is 13.5. The number of rotatable bonds is 28. The summed E-state index contributed by atoms with van der Waals surface area (Å²) < 4.78 is 0. The summed E-state index contributed by atoms with van der Waals surface area (Å²) in [5.74, 6) is 0.118. The van der Waals surface area contributed by atoms with Crippen LogP contribution in [0.1, 0.15) is 192 Å². The smallest absolute Gasteiger partial charge is 0.160 e. The van der Waals surface area contributed by atoms with Gasteiger partial charge in [-0.15, -0.1) is 0 Å². The Bertz CT molecular complexity index is 879. The Morgan fingerprint density at radius 3 is 0.826 bits per heavy atom. The van der Waals surface area contributed by atoms with E-state index in [1.807, 2.05) is 12.1 Å². The molecule has 0 radical (unpaired) electrons. The molecule has 0 spiro atoms. The summed E-state index contributed by atoms with van der Waals surface area (Å²) in [5.41, 5.74) is 1.74. The lowest BCUT2D eigenvalue weighted by molar-refractivity contribution is 0.398. The first kappa shape index (κ1) is 41.7. The zero-order valence-corrected chi connectivity index (χ0v) is 30.1. The number of phenols is 4. The third-order valence-corrected chi connectivity index (χ3v) is 9.30. The monoisotopic (exact) mass is 641 g/mol. The Hall–Kier alpha value is -2.36. The summed E-state index contributed by atoms with van der Waals surface area (Å²) >= 11 is 0. The van der Waals surface area contributed by atoms with E-state index in [9.17, 15) is 20.4 Å². The lowest BCUT2D eigenvalue weighted by atomic mass is 10.0. The first-order chi connectivity index (χ1) is 22.5. The summed E-state index contributed by atoms with van der Waals surface area (Å²) in [6.45, 7) is 4.54. The molecule has 0 saturated heterocycles. The molecule has 0 aromatic heterocycles. The van der Waals surface area contributed by atoms with Crippen LogP contribution < -0.4 is 0 Å². The molecule has 4 heteroatoms. The molecule has 0 heterocycles. The van der Waals surface area contributed by atoms with Crippen molar-refractivity contribution in [1.82, 2.24) is 0 Å². The van der Waals surface area contributed by atoms with Crippen molar-refractivity contribution < 1.29 is 20.4 Å². The highest BCUT2D eigenvalue weighted by molar-refractivity contribution is 5.44. The van der Waals surface area contributed by atoms with Crippen molar-refractivity contribution in [3.8, 4) is 23.0 Å². The van der Waals surface area contributed by atoms with E-state index < -0.39 is 0 Å². The minimum Gasteiger partial charge on any atom is -0.504 e. The summed E-state index contributed by atoms with van der Waals surface area (Å²) in [5, 5.41) is 38.4. The SMILES string of the molecule is CCCCCCCCCCCCCCCc1cccc(O)c1O.CCCCCCCCCCCCCCCc1cccc(O)c1O. The molecule has 2 rings (SSSR count). The highest BCUT2D eigenvalue weighted by atomic mass is 16.3. The van der Waals surface area contributed by atoms with Crippen LogP contribution in [-0.2, 0) is 12.8 Å². The maximum Gasteiger partial charge on any atom is 0.160 e. The Morgan fingerprint density at radius 1 is 0.326 bits per heavy atom. The van der Waals surface area contributed by atoms with Crippen LogP contribution in [-0.4, -0.2) is 20.4 Å². The average Bonchev–Trinajstić information content (AvgIpc) is 3.06. The second kappa shape index (κ2) is 30.0. The highest BCUT2D eigenvalue weighted by Crippen LogP contribution is 2.30. The maximum atomic E-state index is 9.74. The summed E-state index contributed by atoms with van der Waals surface area (Å²) in [7, 11) is 0. The molecule has 2 aromatic rings. The Kier molecular flexibility index (Phi) is 27.2. The molecule has 0 bridgehead atoms. The zero-order chi connectivity index (χ0) is 33.5. The van der Waals surface area contributed by atoms with Crippen molar-refractivity contribution in [2.24, 2.45) is 0 Å². The molecule has 4 nitrogen and oxygen atoms in total. The van der Waals surface area contributed by atoms with Crippen LogP contribution in [0.3, 0.4) is 0 Å². The van der Waals surface area contributed by atoms with Gasteiger partial charge in [0.2, 0.25) is 0 Å². The first-order valence-corrected chi connectivity index (χ1v) is 19.5. The minimum atomic E-state index is -0.00260. The van der Waals surface area contributed by atoms with Gasteiger partial charge in [-0.25, -0.2) is 0 Å². The van der Waals surface area contributed by atoms with E-state index in [1.54, 1.807) is 12.1 Å². The van der Waals surface area contributed by atoms with Gasteiger partial charge in [-0.1, -0.05) is 192 Å². The van der Waals surface area contributed by atoms with Gasteiger partial charge >= 0.3 is 0 Å². The fourth-order valence-corrected chi connectivity index (χ4v) is 6.23. The van der Waals surface area contributed by atoms with Crippen LogP contribution in [0, 0.1) is 0 Å². The Balaban J connectivity index is 0.000000460. The number of para-hydroxylation sites is 2. The largest absolute Gasteiger partial charge is 0.504 e. The molecule has 4 N–H and O–H groups in total. The van der Waals surface area contributed by atoms with Gasteiger partial charge in [-0.05, 0) is 48.9 Å². The lowest BCUT2D eigenvalue weighted by Crippen LogP contribution is -1.88. The second-order valence-electron chi connectivity index (χ2n) is 13.6. The van der Waals surface area contributed by atoms with Gasteiger partial charge in [-0.2, -0.15) is 0 Å². The van der Waals surface area contributed by atoms with Crippen molar-refractivity contribution in [3.05, 3.63) is 47.5 Å². The molecule has 0 aliphatic rings. The molecule has 0 unspecified atom stereocenters. The summed E-state index contributed by atoms with van der Waals surface area (Å²) in [6, 6.07) is 10.5. The highest BCUT2D eigenvalue weighted by Gasteiger charge is 2.06. The maximum absolute atomic E-state index is 9.74. The van der Waals surface area contributed by atoms with Crippen molar-refractivity contribution >= 4 is 0 Å². The third-order valence-electron chi connectivity index (χ3n) is 9.30. The van der Waals surface area contributed by atoms with Crippen LogP contribution in [0.5, 0.6) is 23.0 Å². The van der Waals surface area contributed by atoms with Crippen LogP contribution in [0.15, 0.2) is 36.4 Å². The van der Waals surface area contributed by atoms with Crippen molar-refractivity contribution in [1.29, 1.82) is 0 Å². The molecule has 46 heavy (non-hydrogen) atoms. The quantitative estimate of drug-likeness (QED) is 0.0551. The van der Waals surface area contributed by atoms with Gasteiger partial charge in [0.25, 0.3) is 0 Å². The van der Waals surface area contributed by atoms with Gasteiger partial charge in [0.15, 0.2) is 23.0 Å². The fraction of sp³-hybridized carbons (Fsp3) is 0.714. The molecule has 0 amide bonds. The first-order valence-electron chi connectivity index (χ1n) is 19.5. The topological polar surface area (TPSA) is 80.9 Å². The average molecular weight is 641 g/mol. The van der Waals surface area contributed by atoms with E-state index in [2.05, 4.69) is 13.8 Å². The van der Waals surface area contributed by atoms with Crippen LogP contribution in [0.2, 0.25) is 0 Å². The number of hydrogen-bond acceptors (Lipinski definition) is 4. The van der Waals surface area contributed by atoms with E-state index >= 15 is 0 Å². The second-order valence-corrected chi connectivity index (χ2v) is 13.6. The van der Waals surface area contributed by atoms with E-state index in [-0.39, 0.29) is 23.0 Å². The van der Waals surface area contributed by atoms with Gasteiger partial charge in [0, 0.05) is 0 Å². The van der Waals surface area contributed by atoms with Crippen LogP contribution in [0.25, 0.3) is 0 Å². The fourth-order valence-electron chi connectivity index (χ4n) is 6.23. The van der Waals surface area contributed by atoms with Crippen molar-refractivity contribution in [2.75, 3.05) is 0 Å². The molecule has 0 saturated carbocycles. The minimum absolute atomic E-state index is 0.00260. The standard InChI is InChI=1S/2C21H36O2/c2*1-2-3-4-5-6-7-8-9-10-11-12-13-14-16-19-17-15-18-20(22)21(19)23/h2*15,17-18,22-23H,2-14,16H2,1H3. The third kappa shape index (κ3) is 22.2. The number of phenolic OH excluding ortho intramolecular Hbond substituents is 4. The molecule has 2 aromatic carbocycles. The van der Waals surface area contributed by atoms with E-state index in [0.29, 0.717) is 0 Å². The molecular formula is C42H72O4. The summed E-state index contributed by atoms with van der Waals surface area (Å²) in [6.07, 6.45) is 36.8. The number of hydrogen-bond donors (Lipinski definition) is 4. The van der Waals surface area contributed by atoms with Crippen molar-refractivity contribution in [3.63, 3.8) is 0 Å². The number of aryl methyl sites for hydroxylation is 2. The molecule has 0 atom stereocenters. The van der Waals surface area contributed by atoms with Crippen molar-refractivity contribution in [2.45, 2.75) is 194 Å². The zero-order valence-electron chi connectivity index (χ0n) is 30.1. The van der Waals surface area contributed by atoms with E-state index in [1.165, 1.54) is 166 Å². The molecule has 0 aliphatic heterocycles. The van der Waals surface area contributed by atoms with Gasteiger partial charge in [-0.3, -0.25) is 0 Å². The molecule has 264 valence electrons. The van der Waals surface area contributed by atoms with E-state index in [4.69, 9.17) is 0 Å². The number of benzene rings is 2. The predicted molar refractivity (Wildman–Crippen MR) is 198 cm³/mol.